The minimum Gasteiger partial charge on any atom is -0.478 e. The van der Waals surface area contributed by atoms with Gasteiger partial charge < -0.3 is 15.0 Å². The summed E-state index contributed by atoms with van der Waals surface area (Å²) in [5, 5.41) is 14.3. The SMILES string of the molecule is C=C(NCc1ccc(C(C)C)cc1)c1ccc2c(c1)c(C)c(C)n2Cc1ccc(-c2ccccc2C(=O)O)cc1. The zero-order valence-electron chi connectivity index (χ0n) is 23.7. The highest BCUT2D eigenvalue weighted by atomic mass is 16.4. The van der Waals surface area contributed by atoms with Crippen molar-refractivity contribution in [1.29, 1.82) is 0 Å². The molecule has 0 fully saturated rings. The number of aromatic nitrogens is 1. The Hall–Kier alpha value is -4.57. The fraction of sp³-hybridized carbons (Fsp3) is 0.194. The summed E-state index contributed by atoms with van der Waals surface area (Å²) in [5.41, 5.74) is 11.4. The Labute approximate surface area is 236 Å². The summed E-state index contributed by atoms with van der Waals surface area (Å²) in [6, 6.07) is 30.7. The molecule has 5 aromatic rings. The number of hydrogen-bond acceptors (Lipinski definition) is 2. The molecule has 0 radical (unpaired) electrons. The molecule has 2 N–H and O–H groups in total. The van der Waals surface area contributed by atoms with Gasteiger partial charge in [-0.3, -0.25) is 0 Å². The maximum Gasteiger partial charge on any atom is 0.336 e. The van der Waals surface area contributed by atoms with Crippen LogP contribution in [0.3, 0.4) is 0 Å². The third-order valence-electron chi connectivity index (χ3n) is 7.90. The van der Waals surface area contributed by atoms with Crippen molar-refractivity contribution >= 4 is 22.6 Å². The average Bonchev–Trinajstić information content (AvgIpc) is 3.20. The maximum absolute atomic E-state index is 11.7. The molecule has 0 amide bonds. The van der Waals surface area contributed by atoms with Gasteiger partial charge in [0.2, 0.25) is 0 Å². The number of fused-ring (bicyclic) bond motifs is 1. The van der Waals surface area contributed by atoms with Gasteiger partial charge in [-0.15, -0.1) is 0 Å². The van der Waals surface area contributed by atoms with Crippen LogP contribution < -0.4 is 5.32 Å². The van der Waals surface area contributed by atoms with E-state index >= 15 is 0 Å². The maximum atomic E-state index is 11.7. The summed E-state index contributed by atoms with van der Waals surface area (Å²) in [6.07, 6.45) is 0. The molecule has 1 heterocycles. The van der Waals surface area contributed by atoms with E-state index in [-0.39, 0.29) is 0 Å². The molecule has 0 spiro atoms. The number of benzene rings is 4. The molecule has 0 bridgehead atoms. The second-order valence-electron chi connectivity index (χ2n) is 10.8. The van der Waals surface area contributed by atoms with Crippen LogP contribution in [0.4, 0.5) is 0 Å². The molecule has 0 aliphatic carbocycles. The van der Waals surface area contributed by atoms with E-state index < -0.39 is 5.97 Å². The first-order valence-corrected chi connectivity index (χ1v) is 13.8. The highest BCUT2D eigenvalue weighted by Crippen LogP contribution is 2.30. The first-order chi connectivity index (χ1) is 19.2. The van der Waals surface area contributed by atoms with Crippen LogP contribution in [-0.2, 0) is 13.1 Å². The molecule has 0 saturated carbocycles. The number of aryl methyl sites for hydroxylation is 1. The molecule has 1 aromatic heterocycles. The van der Waals surface area contributed by atoms with E-state index in [9.17, 15) is 9.90 Å². The molecule has 0 aliphatic rings. The summed E-state index contributed by atoms with van der Waals surface area (Å²) in [5.74, 6) is -0.384. The van der Waals surface area contributed by atoms with Gasteiger partial charge in [-0.05, 0) is 76.9 Å². The van der Waals surface area contributed by atoms with E-state index in [4.69, 9.17) is 0 Å². The van der Waals surface area contributed by atoms with Crippen LogP contribution in [0.2, 0.25) is 0 Å². The molecule has 40 heavy (non-hydrogen) atoms. The number of carboxylic acids is 1. The van der Waals surface area contributed by atoms with Crippen molar-refractivity contribution in [3.05, 3.63) is 137 Å². The normalized spacial score (nSPS) is 11.2. The molecule has 5 rings (SSSR count). The van der Waals surface area contributed by atoms with E-state index in [1.807, 2.05) is 24.3 Å². The van der Waals surface area contributed by atoms with Crippen LogP contribution in [-0.4, -0.2) is 15.6 Å². The van der Waals surface area contributed by atoms with Crippen molar-refractivity contribution in [2.24, 2.45) is 0 Å². The number of nitrogens with one attached hydrogen (secondary N) is 1. The van der Waals surface area contributed by atoms with Crippen LogP contribution in [0.1, 0.15) is 63.6 Å². The van der Waals surface area contributed by atoms with Crippen LogP contribution >= 0.6 is 0 Å². The minimum atomic E-state index is -0.915. The molecular weight excluding hydrogens is 492 g/mol. The van der Waals surface area contributed by atoms with Gasteiger partial charge in [0.05, 0.1) is 5.56 Å². The van der Waals surface area contributed by atoms with E-state index in [1.165, 1.54) is 33.3 Å². The van der Waals surface area contributed by atoms with Crippen LogP contribution in [0, 0.1) is 13.8 Å². The van der Waals surface area contributed by atoms with E-state index in [2.05, 4.69) is 98.8 Å². The van der Waals surface area contributed by atoms with Crippen molar-refractivity contribution in [3.63, 3.8) is 0 Å². The quantitative estimate of drug-likeness (QED) is 0.201. The van der Waals surface area contributed by atoms with Gasteiger partial charge in [-0.2, -0.15) is 0 Å². The zero-order chi connectivity index (χ0) is 28.4. The Morgan fingerprint density at radius 2 is 1.57 bits per heavy atom. The van der Waals surface area contributed by atoms with E-state index in [0.29, 0.717) is 11.5 Å². The van der Waals surface area contributed by atoms with Crippen LogP contribution in [0.5, 0.6) is 0 Å². The molecule has 4 nitrogen and oxygen atoms in total. The largest absolute Gasteiger partial charge is 0.478 e. The lowest BCUT2D eigenvalue weighted by molar-refractivity contribution is 0.0697. The molecule has 0 unspecified atom stereocenters. The van der Waals surface area contributed by atoms with Gasteiger partial charge in [0.25, 0.3) is 0 Å². The molecule has 4 aromatic carbocycles. The smallest absolute Gasteiger partial charge is 0.336 e. The summed E-state index contributed by atoms with van der Waals surface area (Å²) in [4.78, 5) is 11.7. The highest BCUT2D eigenvalue weighted by molar-refractivity contribution is 5.96. The number of nitrogens with zero attached hydrogens (tertiary/aromatic N) is 1. The second kappa shape index (κ2) is 11.3. The monoisotopic (exact) mass is 528 g/mol. The Balaban J connectivity index is 1.34. The Morgan fingerprint density at radius 3 is 2.25 bits per heavy atom. The van der Waals surface area contributed by atoms with Crippen molar-refractivity contribution in [2.45, 2.75) is 46.7 Å². The topological polar surface area (TPSA) is 54.3 Å². The van der Waals surface area contributed by atoms with E-state index in [1.54, 1.807) is 12.1 Å². The third-order valence-corrected chi connectivity index (χ3v) is 7.90. The lowest BCUT2D eigenvalue weighted by Crippen LogP contribution is -2.11. The number of carboxylic acid groups (broad SMARTS) is 1. The van der Waals surface area contributed by atoms with Gasteiger partial charge in [0.15, 0.2) is 0 Å². The predicted octanol–water partition coefficient (Wildman–Crippen LogP) is 8.56. The Bertz CT molecular complexity index is 1690. The third kappa shape index (κ3) is 5.43. The van der Waals surface area contributed by atoms with Crippen LogP contribution in [0.25, 0.3) is 27.7 Å². The lowest BCUT2D eigenvalue weighted by Gasteiger charge is -2.13. The summed E-state index contributed by atoms with van der Waals surface area (Å²) in [7, 11) is 0. The van der Waals surface area contributed by atoms with Crippen molar-refractivity contribution in [1.82, 2.24) is 9.88 Å². The Kier molecular flexibility index (Phi) is 7.61. The standard InChI is InChI=1S/C36H36N2O2/c1-23(2)29-14-10-27(11-15-29)21-37-25(4)31-18-19-35-34(20-31)24(3)26(5)38(35)22-28-12-16-30(17-13-28)32-8-6-7-9-33(32)36(39)40/h6-20,23,37H,4,21-22H2,1-3,5H3,(H,39,40). The number of rotatable bonds is 9. The zero-order valence-corrected chi connectivity index (χ0v) is 23.7. The fourth-order valence-electron chi connectivity index (χ4n) is 5.27. The van der Waals surface area contributed by atoms with Gasteiger partial charge >= 0.3 is 5.97 Å². The molecular formula is C36H36N2O2. The second-order valence-corrected chi connectivity index (χ2v) is 10.8. The highest BCUT2D eigenvalue weighted by Gasteiger charge is 2.14. The van der Waals surface area contributed by atoms with Crippen molar-refractivity contribution in [2.75, 3.05) is 0 Å². The molecule has 0 aliphatic heterocycles. The first kappa shape index (κ1) is 27.0. The van der Waals surface area contributed by atoms with Gasteiger partial charge in [0, 0.05) is 35.4 Å². The van der Waals surface area contributed by atoms with Gasteiger partial charge in [0.1, 0.15) is 0 Å². The van der Waals surface area contributed by atoms with Crippen molar-refractivity contribution in [3.8, 4) is 11.1 Å². The molecule has 4 heteroatoms. The molecule has 202 valence electrons. The first-order valence-electron chi connectivity index (χ1n) is 13.8. The summed E-state index contributed by atoms with van der Waals surface area (Å²) >= 11 is 0. The van der Waals surface area contributed by atoms with E-state index in [0.717, 1.165) is 41.0 Å². The van der Waals surface area contributed by atoms with Gasteiger partial charge in [-0.25, -0.2) is 4.79 Å². The Morgan fingerprint density at radius 1 is 0.900 bits per heavy atom. The number of aromatic carboxylic acids is 1. The molecule has 0 saturated heterocycles. The van der Waals surface area contributed by atoms with Crippen molar-refractivity contribution < 1.29 is 9.90 Å². The molecule has 0 atom stereocenters. The lowest BCUT2D eigenvalue weighted by atomic mass is 9.99. The van der Waals surface area contributed by atoms with Gasteiger partial charge in [-0.1, -0.05) is 93.2 Å². The number of carbonyl (C=O) groups is 1. The minimum absolute atomic E-state index is 0.314. The summed E-state index contributed by atoms with van der Waals surface area (Å²) in [6.45, 7) is 14.6. The summed E-state index contributed by atoms with van der Waals surface area (Å²) < 4.78 is 2.35. The average molecular weight is 529 g/mol. The fourth-order valence-corrected chi connectivity index (χ4v) is 5.27. The van der Waals surface area contributed by atoms with Crippen LogP contribution in [0.15, 0.2) is 97.6 Å². The number of hydrogen-bond donors (Lipinski definition) is 2. The predicted molar refractivity (Wildman–Crippen MR) is 166 cm³/mol.